The maximum Gasteiger partial charge on any atom is 0.459 e. The van der Waals surface area contributed by atoms with E-state index in [-0.39, 0.29) is 29.1 Å². The molecule has 0 atom stereocenters. The summed E-state index contributed by atoms with van der Waals surface area (Å²) in [6.07, 6.45) is -11.4. The number of nitro benzene ring substituents is 1. The minimum absolute atomic E-state index is 0.0873. The average molecular weight is 421 g/mol. The summed E-state index contributed by atoms with van der Waals surface area (Å²) in [5.74, 6) is -7.53. The van der Waals surface area contributed by atoms with Crippen LogP contribution in [0.15, 0.2) is 29.3 Å². The molecule has 0 spiro atoms. The van der Waals surface area contributed by atoms with E-state index >= 15 is 0 Å². The largest absolute Gasteiger partial charge is 0.459 e. The summed E-state index contributed by atoms with van der Waals surface area (Å²) in [6, 6.07) is -0.718. The second-order valence-electron chi connectivity index (χ2n) is 5.14. The summed E-state index contributed by atoms with van der Waals surface area (Å²) in [4.78, 5) is 23.9. The van der Waals surface area contributed by atoms with Gasteiger partial charge in [-0.2, -0.15) is 35.1 Å². The Bertz CT molecular complexity index is 995. The van der Waals surface area contributed by atoms with Gasteiger partial charge in [0.1, 0.15) is 12.0 Å². The third-order valence-electron chi connectivity index (χ3n) is 3.30. The molecule has 0 amide bonds. The number of alkyl halides is 8. The standard InChI is InChI=1S/C13H4F9N3O3/c14-6-1-5(12(17,18)19)2-7(25(27)28)10(6)24-4-23-8(3-9(24)26)11(15,16)13(20,21)22/h1-4H. The number of aromatic nitrogens is 2. The highest BCUT2D eigenvalue weighted by Gasteiger charge is 2.60. The maximum atomic E-state index is 14.1. The molecule has 2 rings (SSSR count). The predicted molar refractivity (Wildman–Crippen MR) is 71.4 cm³/mol. The fraction of sp³-hybridized carbons (Fsp3) is 0.231. The van der Waals surface area contributed by atoms with E-state index in [1.807, 2.05) is 0 Å². The molecule has 1 heterocycles. The molecule has 0 fully saturated rings. The number of hydrogen-bond acceptors (Lipinski definition) is 4. The molecule has 0 aliphatic carbocycles. The Kier molecular flexibility index (Phi) is 4.91. The smallest absolute Gasteiger partial charge is 0.269 e. The summed E-state index contributed by atoms with van der Waals surface area (Å²) in [5.41, 5.74) is -8.71. The van der Waals surface area contributed by atoms with E-state index in [0.29, 0.717) is 0 Å². The van der Waals surface area contributed by atoms with Gasteiger partial charge in [0.05, 0.1) is 10.5 Å². The molecule has 0 saturated heterocycles. The molecule has 0 radical (unpaired) electrons. The SMILES string of the molecule is O=c1cc(C(F)(F)C(F)(F)F)ncn1-c1c(F)cc(C(F)(F)F)cc1[N+](=O)[O-]. The summed E-state index contributed by atoms with van der Waals surface area (Å²) >= 11 is 0. The van der Waals surface area contributed by atoms with Gasteiger partial charge in [-0.05, 0) is 6.07 Å². The Balaban J connectivity index is 2.73. The molecular weight excluding hydrogens is 417 g/mol. The summed E-state index contributed by atoms with van der Waals surface area (Å²) in [6.45, 7) is 0. The lowest BCUT2D eigenvalue weighted by molar-refractivity contribution is -0.385. The second-order valence-corrected chi connectivity index (χ2v) is 5.14. The third-order valence-corrected chi connectivity index (χ3v) is 3.30. The van der Waals surface area contributed by atoms with Crippen LogP contribution in [0.1, 0.15) is 11.3 Å². The van der Waals surface area contributed by atoms with Crippen molar-refractivity contribution in [2.24, 2.45) is 0 Å². The monoisotopic (exact) mass is 421 g/mol. The summed E-state index contributed by atoms with van der Waals surface area (Å²) < 4.78 is 115. The highest BCUT2D eigenvalue weighted by Crippen LogP contribution is 2.42. The van der Waals surface area contributed by atoms with E-state index in [1.165, 1.54) is 0 Å². The fourth-order valence-corrected chi connectivity index (χ4v) is 2.01. The van der Waals surface area contributed by atoms with Crippen molar-refractivity contribution in [3.05, 3.63) is 62.1 Å². The minimum Gasteiger partial charge on any atom is -0.269 e. The van der Waals surface area contributed by atoms with Gasteiger partial charge >= 0.3 is 18.3 Å². The molecule has 0 saturated carbocycles. The van der Waals surface area contributed by atoms with Crippen LogP contribution in [0.25, 0.3) is 5.69 Å². The van der Waals surface area contributed by atoms with Gasteiger partial charge in [-0.3, -0.25) is 19.5 Å². The zero-order valence-electron chi connectivity index (χ0n) is 12.8. The van der Waals surface area contributed by atoms with Crippen LogP contribution in [-0.2, 0) is 12.1 Å². The van der Waals surface area contributed by atoms with Gasteiger partial charge in [-0.15, -0.1) is 0 Å². The van der Waals surface area contributed by atoms with Crippen molar-refractivity contribution in [2.45, 2.75) is 18.3 Å². The van der Waals surface area contributed by atoms with Crippen molar-refractivity contribution in [1.82, 2.24) is 9.55 Å². The van der Waals surface area contributed by atoms with Crippen LogP contribution in [-0.4, -0.2) is 20.7 Å². The number of halogens is 9. The van der Waals surface area contributed by atoms with E-state index in [9.17, 15) is 54.4 Å². The van der Waals surface area contributed by atoms with E-state index in [2.05, 4.69) is 4.98 Å². The normalized spacial score (nSPS) is 12.9. The third kappa shape index (κ3) is 3.63. The minimum atomic E-state index is -6.13. The molecule has 1 aromatic carbocycles. The van der Waals surface area contributed by atoms with Crippen LogP contribution < -0.4 is 5.56 Å². The molecule has 15 heteroatoms. The van der Waals surface area contributed by atoms with E-state index in [4.69, 9.17) is 0 Å². The molecule has 6 nitrogen and oxygen atoms in total. The highest BCUT2D eigenvalue weighted by molar-refractivity contribution is 5.55. The Morgan fingerprint density at radius 3 is 2.00 bits per heavy atom. The lowest BCUT2D eigenvalue weighted by atomic mass is 10.1. The maximum absolute atomic E-state index is 14.1. The average Bonchev–Trinajstić information content (AvgIpc) is 2.52. The Hall–Kier alpha value is -3.13. The van der Waals surface area contributed by atoms with Gasteiger partial charge in [0.15, 0.2) is 11.5 Å². The summed E-state index contributed by atoms with van der Waals surface area (Å²) in [5, 5.41) is 11.0. The summed E-state index contributed by atoms with van der Waals surface area (Å²) in [7, 11) is 0. The fourth-order valence-electron chi connectivity index (χ4n) is 2.01. The van der Waals surface area contributed by atoms with Gasteiger partial charge in [-0.1, -0.05) is 0 Å². The van der Waals surface area contributed by atoms with E-state index in [1.54, 1.807) is 0 Å². The first kappa shape index (κ1) is 21.2. The lowest BCUT2D eigenvalue weighted by Gasteiger charge is -2.19. The van der Waals surface area contributed by atoms with E-state index in [0.717, 1.165) is 0 Å². The quantitative estimate of drug-likeness (QED) is 0.427. The van der Waals surface area contributed by atoms with Crippen molar-refractivity contribution >= 4 is 5.69 Å². The molecule has 1 aromatic heterocycles. The van der Waals surface area contributed by atoms with Crippen molar-refractivity contribution in [3.8, 4) is 5.69 Å². The molecule has 28 heavy (non-hydrogen) atoms. The molecule has 0 aliphatic rings. The van der Waals surface area contributed by atoms with Crippen molar-refractivity contribution in [2.75, 3.05) is 0 Å². The van der Waals surface area contributed by atoms with Gasteiger partial charge in [0.25, 0.3) is 11.2 Å². The molecule has 0 unspecified atom stereocenters. The van der Waals surface area contributed by atoms with Crippen LogP contribution in [0.3, 0.4) is 0 Å². The van der Waals surface area contributed by atoms with E-state index < -0.39 is 57.2 Å². The molecule has 0 aliphatic heterocycles. The van der Waals surface area contributed by atoms with Gasteiger partial charge in [0, 0.05) is 12.1 Å². The number of benzene rings is 1. The number of rotatable bonds is 3. The Labute approximate surface area is 147 Å². The van der Waals surface area contributed by atoms with Crippen molar-refractivity contribution in [1.29, 1.82) is 0 Å². The molecular formula is C13H4F9N3O3. The van der Waals surface area contributed by atoms with Gasteiger partial charge < -0.3 is 0 Å². The van der Waals surface area contributed by atoms with Crippen LogP contribution in [0.4, 0.5) is 45.2 Å². The molecule has 152 valence electrons. The van der Waals surface area contributed by atoms with Gasteiger partial charge in [-0.25, -0.2) is 9.37 Å². The molecule has 2 aromatic rings. The lowest BCUT2D eigenvalue weighted by Crippen LogP contribution is -2.36. The van der Waals surface area contributed by atoms with Gasteiger partial charge in [0.2, 0.25) is 0 Å². The highest BCUT2D eigenvalue weighted by atomic mass is 19.4. The predicted octanol–water partition coefficient (Wildman–Crippen LogP) is 3.95. The molecule has 0 bridgehead atoms. The first-order chi connectivity index (χ1) is 12.6. The van der Waals surface area contributed by atoms with Crippen LogP contribution >= 0.6 is 0 Å². The van der Waals surface area contributed by atoms with Crippen molar-refractivity contribution in [3.63, 3.8) is 0 Å². The first-order valence-corrected chi connectivity index (χ1v) is 6.66. The number of nitrogens with zero attached hydrogens (tertiary/aromatic N) is 3. The number of nitro groups is 1. The zero-order chi connectivity index (χ0) is 21.7. The topological polar surface area (TPSA) is 78.0 Å². The van der Waals surface area contributed by atoms with Crippen molar-refractivity contribution < 1.29 is 44.4 Å². The molecule has 0 N–H and O–H groups in total. The van der Waals surface area contributed by atoms with Crippen LogP contribution in [0, 0.1) is 15.9 Å². The Morgan fingerprint density at radius 1 is 1.00 bits per heavy atom. The van der Waals surface area contributed by atoms with Crippen LogP contribution in [0.2, 0.25) is 0 Å². The van der Waals surface area contributed by atoms with Crippen LogP contribution in [0.5, 0.6) is 0 Å². The first-order valence-electron chi connectivity index (χ1n) is 6.66. The zero-order valence-corrected chi connectivity index (χ0v) is 12.8. The number of hydrogen-bond donors (Lipinski definition) is 0. The Morgan fingerprint density at radius 2 is 1.57 bits per heavy atom. The second kappa shape index (κ2) is 6.49.